The van der Waals surface area contributed by atoms with Gasteiger partial charge in [0.25, 0.3) is 0 Å². The third kappa shape index (κ3) is 3.12. The van der Waals surface area contributed by atoms with Crippen molar-refractivity contribution >= 4 is 56.9 Å². The van der Waals surface area contributed by atoms with Crippen LogP contribution in [0, 0.1) is 2.88 Å². The summed E-state index contributed by atoms with van der Waals surface area (Å²) < 4.78 is 1.28. The Morgan fingerprint density at radius 3 is 2.93 bits per heavy atom. The molecule has 0 unspecified atom stereocenters. The summed E-state index contributed by atoms with van der Waals surface area (Å²) in [6, 6.07) is 2.14. The van der Waals surface area contributed by atoms with Crippen molar-refractivity contribution in [2.75, 3.05) is 5.88 Å². The van der Waals surface area contributed by atoms with Crippen molar-refractivity contribution < 1.29 is 0 Å². The summed E-state index contributed by atoms with van der Waals surface area (Å²) in [7, 11) is 0. The molecule has 15 heavy (non-hydrogen) atoms. The lowest BCUT2D eigenvalue weighted by atomic mass is 10.4. The first kappa shape index (κ1) is 11.8. The zero-order valence-corrected chi connectivity index (χ0v) is 12.3. The number of nitrogens with zero attached hydrogens (tertiary/aromatic N) is 2. The van der Waals surface area contributed by atoms with Gasteiger partial charge in [-0.3, -0.25) is 0 Å². The van der Waals surface area contributed by atoms with E-state index < -0.39 is 0 Å². The molecule has 2 heterocycles. The van der Waals surface area contributed by atoms with Crippen LogP contribution in [0.3, 0.4) is 0 Å². The molecule has 0 N–H and O–H groups in total. The third-order valence-corrected chi connectivity index (χ3v) is 4.89. The van der Waals surface area contributed by atoms with E-state index in [2.05, 4.69) is 44.2 Å². The molecule has 0 amide bonds. The van der Waals surface area contributed by atoms with Gasteiger partial charge < -0.3 is 0 Å². The van der Waals surface area contributed by atoms with Gasteiger partial charge in [0.05, 0.1) is 2.88 Å². The molecule has 0 atom stereocenters. The minimum Gasteiger partial charge on any atom is -0.143 e. The predicted octanol–water partition coefficient (Wildman–Crippen LogP) is 4.04. The lowest BCUT2D eigenvalue weighted by molar-refractivity contribution is 0.884. The van der Waals surface area contributed by atoms with Crippen LogP contribution >= 0.6 is 56.9 Å². The summed E-state index contributed by atoms with van der Waals surface area (Å²) in [5.74, 6) is 0.686. The summed E-state index contributed by atoms with van der Waals surface area (Å²) in [6.45, 7) is 0. The fourth-order valence-corrected chi connectivity index (χ4v) is 3.52. The molecular formula is C9H8ClIN2S2. The largest absolute Gasteiger partial charge is 0.148 e. The van der Waals surface area contributed by atoms with Crippen LogP contribution in [0.25, 0.3) is 10.6 Å². The second-order valence-electron chi connectivity index (χ2n) is 2.93. The van der Waals surface area contributed by atoms with Crippen LogP contribution in [0.2, 0.25) is 0 Å². The first-order chi connectivity index (χ1) is 7.29. The van der Waals surface area contributed by atoms with Gasteiger partial charge in [0, 0.05) is 23.2 Å². The SMILES string of the molecule is ClCCCc1nnc(-c2csc(I)c2)s1. The molecule has 0 aliphatic heterocycles. The van der Waals surface area contributed by atoms with Crippen LogP contribution in [0.5, 0.6) is 0 Å². The lowest BCUT2D eigenvalue weighted by Gasteiger charge is -1.88. The van der Waals surface area contributed by atoms with Crippen molar-refractivity contribution in [3.8, 4) is 10.6 Å². The molecule has 80 valence electrons. The number of hydrogen-bond donors (Lipinski definition) is 0. The highest BCUT2D eigenvalue weighted by Gasteiger charge is 2.07. The van der Waals surface area contributed by atoms with Crippen molar-refractivity contribution in [3.63, 3.8) is 0 Å². The Bertz CT molecular complexity index is 441. The number of alkyl halides is 1. The molecule has 2 rings (SSSR count). The summed E-state index contributed by atoms with van der Waals surface area (Å²) in [4.78, 5) is 0. The lowest BCUT2D eigenvalue weighted by Crippen LogP contribution is -1.84. The Labute approximate surface area is 115 Å². The van der Waals surface area contributed by atoms with E-state index in [0.717, 1.165) is 22.9 Å². The summed E-state index contributed by atoms with van der Waals surface area (Å²) >= 11 is 11.3. The van der Waals surface area contributed by atoms with Crippen molar-refractivity contribution in [1.82, 2.24) is 10.2 Å². The molecule has 0 radical (unpaired) electrons. The quantitative estimate of drug-likeness (QED) is 0.599. The van der Waals surface area contributed by atoms with Crippen LogP contribution in [-0.4, -0.2) is 16.1 Å². The Morgan fingerprint density at radius 1 is 1.40 bits per heavy atom. The van der Waals surface area contributed by atoms with E-state index in [9.17, 15) is 0 Å². The molecule has 2 aromatic heterocycles. The van der Waals surface area contributed by atoms with Crippen LogP contribution in [0.15, 0.2) is 11.4 Å². The Kier molecular flexibility index (Phi) is 4.36. The zero-order chi connectivity index (χ0) is 10.7. The maximum atomic E-state index is 5.64. The summed E-state index contributed by atoms with van der Waals surface area (Å²) in [6.07, 6.45) is 1.90. The van der Waals surface area contributed by atoms with E-state index in [1.807, 2.05) is 0 Å². The molecule has 6 heteroatoms. The molecule has 0 saturated carbocycles. The van der Waals surface area contributed by atoms with Crippen molar-refractivity contribution in [3.05, 3.63) is 19.3 Å². The van der Waals surface area contributed by atoms with Crippen molar-refractivity contribution in [1.29, 1.82) is 0 Å². The van der Waals surface area contributed by atoms with Gasteiger partial charge in [-0.15, -0.1) is 33.1 Å². The average Bonchev–Trinajstić information content (AvgIpc) is 2.83. The molecular weight excluding hydrogens is 363 g/mol. The Balaban J connectivity index is 2.13. The van der Waals surface area contributed by atoms with Crippen molar-refractivity contribution in [2.45, 2.75) is 12.8 Å². The smallest absolute Gasteiger partial charge is 0.143 e. The number of halogens is 2. The highest BCUT2D eigenvalue weighted by molar-refractivity contribution is 14.1. The first-order valence-electron chi connectivity index (χ1n) is 4.42. The minimum atomic E-state index is 0.686. The molecule has 0 fully saturated rings. The Morgan fingerprint density at radius 2 is 2.27 bits per heavy atom. The number of rotatable bonds is 4. The van der Waals surface area contributed by atoms with Crippen LogP contribution in [0.4, 0.5) is 0 Å². The topological polar surface area (TPSA) is 25.8 Å². The molecule has 0 saturated heterocycles. The maximum absolute atomic E-state index is 5.64. The zero-order valence-electron chi connectivity index (χ0n) is 7.74. The van der Waals surface area contributed by atoms with Gasteiger partial charge >= 0.3 is 0 Å². The monoisotopic (exact) mass is 370 g/mol. The summed E-state index contributed by atoms with van der Waals surface area (Å²) in [5.41, 5.74) is 1.18. The Hall–Kier alpha value is 0.280. The summed E-state index contributed by atoms with van der Waals surface area (Å²) in [5, 5.41) is 12.5. The van der Waals surface area contributed by atoms with E-state index >= 15 is 0 Å². The number of aromatic nitrogens is 2. The molecule has 0 aliphatic rings. The van der Waals surface area contributed by atoms with Gasteiger partial charge in [-0.25, -0.2) is 0 Å². The second-order valence-corrected chi connectivity index (χ2v) is 7.18. The molecule has 0 aromatic carbocycles. The molecule has 0 aliphatic carbocycles. The maximum Gasteiger partial charge on any atom is 0.148 e. The molecule has 2 nitrogen and oxygen atoms in total. The third-order valence-electron chi connectivity index (χ3n) is 1.81. The predicted molar refractivity (Wildman–Crippen MR) is 75.0 cm³/mol. The fourth-order valence-electron chi connectivity index (χ4n) is 1.11. The van der Waals surface area contributed by atoms with E-state index in [-0.39, 0.29) is 0 Å². The molecule has 0 spiro atoms. The van der Waals surface area contributed by atoms with Gasteiger partial charge in [-0.2, -0.15) is 0 Å². The minimum absolute atomic E-state index is 0.686. The molecule has 0 bridgehead atoms. The molecule has 2 aromatic rings. The highest BCUT2D eigenvalue weighted by atomic mass is 127. The van der Waals surface area contributed by atoms with Gasteiger partial charge in [-0.1, -0.05) is 11.3 Å². The number of thiophene rings is 1. The highest BCUT2D eigenvalue weighted by Crippen LogP contribution is 2.29. The first-order valence-corrected chi connectivity index (χ1v) is 7.73. The van der Waals surface area contributed by atoms with Gasteiger partial charge in [0.1, 0.15) is 10.0 Å². The van der Waals surface area contributed by atoms with Crippen LogP contribution in [-0.2, 0) is 6.42 Å². The fraction of sp³-hybridized carbons (Fsp3) is 0.333. The van der Waals surface area contributed by atoms with Gasteiger partial charge in [-0.05, 0) is 35.1 Å². The standard InChI is InChI=1S/C9H8ClIN2S2/c10-3-1-2-8-12-13-9(15-8)6-4-7(11)14-5-6/h4-5H,1-3H2. The van der Waals surface area contributed by atoms with Crippen LogP contribution < -0.4 is 0 Å². The van der Waals surface area contributed by atoms with Crippen molar-refractivity contribution in [2.24, 2.45) is 0 Å². The average molecular weight is 371 g/mol. The van der Waals surface area contributed by atoms with Gasteiger partial charge in [0.2, 0.25) is 0 Å². The van der Waals surface area contributed by atoms with E-state index in [0.29, 0.717) is 5.88 Å². The van der Waals surface area contributed by atoms with E-state index in [1.54, 1.807) is 22.7 Å². The number of hydrogen-bond acceptors (Lipinski definition) is 4. The van der Waals surface area contributed by atoms with E-state index in [1.165, 1.54) is 8.45 Å². The van der Waals surface area contributed by atoms with E-state index in [4.69, 9.17) is 11.6 Å². The number of aryl methyl sites for hydroxylation is 1. The second kappa shape index (κ2) is 5.56. The van der Waals surface area contributed by atoms with Crippen LogP contribution in [0.1, 0.15) is 11.4 Å². The normalized spacial score (nSPS) is 10.8. The van der Waals surface area contributed by atoms with Gasteiger partial charge in [0.15, 0.2) is 0 Å².